The quantitative estimate of drug-likeness (QED) is 0.797. The topological polar surface area (TPSA) is 26.0 Å². The van der Waals surface area contributed by atoms with Crippen LogP contribution in [-0.2, 0) is 0 Å². The van der Waals surface area contributed by atoms with Gasteiger partial charge in [0.2, 0.25) is 0 Å². The fraction of sp³-hybridized carbons (Fsp3) is 0.273. The number of hydrogen-bond donors (Lipinski definition) is 1. The van der Waals surface area contributed by atoms with Gasteiger partial charge in [-0.15, -0.1) is 11.8 Å². The van der Waals surface area contributed by atoms with Gasteiger partial charge in [0.05, 0.1) is 0 Å². The van der Waals surface area contributed by atoms with E-state index in [4.69, 9.17) is 17.3 Å². The van der Waals surface area contributed by atoms with E-state index < -0.39 is 0 Å². The van der Waals surface area contributed by atoms with Crippen molar-refractivity contribution in [1.82, 2.24) is 0 Å². The first-order valence-corrected chi connectivity index (χ1v) is 5.90. The fourth-order valence-electron chi connectivity index (χ4n) is 1.07. The van der Waals surface area contributed by atoms with Crippen molar-refractivity contribution in [2.75, 3.05) is 5.75 Å². The largest absolute Gasteiger partial charge is 0.324 e. The van der Waals surface area contributed by atoms with E-state index in [1.807, 2.05) is 25.1 Å². The molecule has 14 heavy (non-hydrogen) atoms. The Morgan fingerprint density at radius 2 is 2.36 bits per heavy atom. The molecule has 0 heterocycles. The minimum Gasteiger partial charge on any atom is -0.324 e. The van der Waals surface area contributed by atoms with E-state index in [1.54, 1.807) is 17.3 Å². The molecule has 0 aliphatic carbocycles. The van der Waals surface area contributed by atoms with Crippen LogP contribution in [-0.4, -0.2) is 5.75 Å². The van der Waals surface area contributed by atoms with E-state index in [0.717, 1.165) is 5.75 Å². The van der Waals surface area contributed by atoms with Gasteiger partial charge in [0.25, 0.3) is 0 Å². The lowest BCUT2D eigenvalue weighted by atomic mass is 10.1. The van der Waals surface area contributed by atoms with E-state index in [-0.39, 0.29) is 6.04 Å². The van der Waals surface area contributed by atoms with Crippen LogP contribution >= 0.6 is 23.4 Å². The van der Waals surface area contributed by atoms with Crippen molar-refractivity contribution in [2.24, 2.45) is 5.73 Å². The van der Waals surface area contributed by atoms with Gasteiger partial charge in [-0.25, -0.2) is 0 Å². The standard InChI is InChI=1S/C11H14ClNS/c1-9(13)10-4-2-5-11(8-10)14-7-3-6-12/h2-6,8-9H,7,13H2,1H3. The first-order valence-electron chi connectivity index (χ1n) is 4.47. The summed E-state index contributed by atoms with van der Waals surface area (Å²) in [6, 6.07) is 8.38. The summed E-state index contributed by atoms with van der Waals surface area (Å²) in [5.74, 6) is 0.895. The Bertz CT molecular complexity index is 310. The minimum atomic E-state index is 0.0964. The number of halogens is 1. The van der Waals surface area contributed by atoms with Gasteiger partial charge in [0, 0.05) is 22.2 Å². The van der Waals surface area contributed by atoms with Gasteiger partial charge < -0.3 is 5.73 Å². The third-order valence-corrected chi connectivity index (χ3v) is 2.94. The highest BCUT2D eigenvalue weighted by Gasteiger charge is 1.99. The molecule has 0 bridgehead atoms. The molecule has 0 amide bonds. The van der Waals surface area contributed by atoms with E-state index >= 15 is 0 Å². The maximum atomic E-state index is 5.79. The zero-order valence-electron chi connectivity index (χ0n) is 8.11. The molecule has 2 N–H and O–H groups in total. The molecule has 0 spiro atoms. The van der Waals surface area contributed by atoms with Crippen molar-refractivity contribution in [3.8, 4) is 0 Å². The van der Waals surface area contributed by atoms with Gasteiger partial charge in [0.1, 0.15) is 0 Å². The van der Waals surface area contributed by atoms with E-state index in [2.05, 4.69) is 12.1 Å². The van der Waals surface area contributed by atoms with Gasteiger partial charge in [0.15, 0.2) is 0 Å². The molecule has 0 fully saturated rings. The van der Waals surface area contributed by atoms with E-state index in [9.17, 15) is 0 Å². The Hall–Kier alpha value is -0.440. The lowest BCUT2D eigenvalue weighted by Gasteiger charge is -2.06. The zero-order chi connectivity index (χ0) is 10.4. The second-order valence-electron chi connectivity index (χ2n) is 3.03. The normalized spacial score (nSPS) is 13.4. The monoisotopic (exact) mass is 227 g/mol. The lowest BCUT2D eigenvalue weighted by Crippen LogP contribution is -2.04. The molecule has 76 valence electrons. The van der Waals surface area contributed by atoms with Crippen LogP contribution in [0.5, 0.6) is 0 Å². The summed E-state index contributed by atoms with van der Waals surface area (Å²) in [4.78, 5) is 1.23. The van der Waals surface area contributed by atoms with Crippen molar-refractivity contribution in [3.05, 3.63) is 41.4 Å². The van der Waals surface area contributed by atoms with Crippen molar-refractivity contribution in [3.63, 3.8) is 0 Å². The highest BCUT2D eigenvalue weighted by Crippen LogP contribution is 2.21. The van der Waals surface area contributed by atoms with Crippen molar-refractivity contribution < 1.29 is 0 Å². The predicted molar refractivity (Wildman–Crippen MR) is 64.8 cm³/mol. The summed E-state index contributed by atoms with van der Waals surface area (Å²) in [5, 5.41) is 0. The Morgan fingerprint density at radius 1 is 1.57 bits per heavy atom. The van der Waals surface area contributed by atoms with Crippen molar-refractivity contribution in [2.45, 2.75) is 17.9 Å². The maximum Gasteiger partial charge on any atom is 0.0266 e. The second-order valence-corrected chi connectivity index (χ2v) is 4.38. The highest BCUT2D eigenvalue weighted by molar-refractivity contribution is 7.99. The minimum absolute atomic E-state index is 0.0964. The van der Waals surface area contributed by atoms with Gasteiger partial charge >= 0.3 is 0 Å². The smallest absolute Gasteiger partial charge is 0.0266 e. The average molecular weight is 228 g/mol. The van der Waals surface area contributed by atoms with Crippen LogP contribution in [0, 0.1) is 0 Å². The molecule has 0 aromatic heterocycles. The van der Waals surface area contributed by atoms with Gasteiger partial charge in [-0.3, -0.25) is 0 Å². The summed E-state index contributed by atoms with van der Waals surface area (Å²) in [6.07, 6.45) is 1.92. The van der Waals surface area contributed by atoms with Crippen molar-refractivity contribution in [1.29, 1.82) is 0 Å². The van der Waals surface area contributed by atoms with Gasteiger partial charge in [-0.1, -0.05) is 29.8 Å². The van der Waals surface area contributed by atoms with Gasteiger partial charge in [-0.2, -0.15) is 0 Å². The molecule has 1 nitrogen and oxygen atoms in total. The summed E-state index contributed by atoms with van der Waals surface area (Å²) in [6.45, 7) is 1.99. The highest BCUT2D eigenvalue weighted by atomic mass is 35.5. The lowest BCUT2D eigenvalue weighted by molar-refractivity contribution is 0.815. The molecule has 1 unspecified atom stereocenters. The molecular formula is C11H14ClNS. The third-order valence-electron chi connectivity index (χ3n) is 1.82. The Kier molecular flexibility index (Phi) is 5.09. The zero-order valence-corrected chi connectivity index (χ0v) is 9.68. The first kappa shape index (κ1) is 11.6. The molecule has 0 radical (unpaired) electrons. The molecule has 1 aromatic carbocycles. The average Bonchev–Trinajstić information content (AvgIpc) is 2.19. The van der Waals surface area contributed by atoms with Crippen LogP contribution in [0.3, 0.4) is 0 Å². The molecule has 1 atom stereocenters. The molecular weight excluding hydrogens is 214 g/mol. The van der Waals surface area contributed by atoms with Crippen LogP contribution < -0.4 is 5.73 Å². The molecule has 0 aliphatic heterocycles. The number of nitrogens with two attached hydrogens (primary N) is 1. The fourth-order valence-corrected chi connectivity index (χ4v) is 2.04. The summed E-state index contributed by atoms with van der Waals surface area (Å²) in [7, 11) is 0. The predicted octanol–water partition coefficient (Wildman–Crippen LogP) is 3.55. The summed E-state index contributed by atoms with van der Waals surface area (Å²) >= 11 is 7.19. The van der Waals surface area contributed by atoms with Crippen LogP contribution in [0.2, 0.25) is 0 Å². The van der Waals surface area contributed by atoms with Crippen LogP contribution in [0.1, 0.15) is 18.5 Å². The third kappa shape index (κ3) is 3.74. The first-order chi connectivity index (χ1) is 6.74. The molecule has 1 aromatic rings. The molecule has 1 rings (SSSR count). The Balaban J connectivity index is 2.64. The summed E-state index contributed by atoms with van der Waals surface area (Å²) in [5.41, 5.74) is 8.51. The number of thioether (sulfide) groups is 1. The number of hydrogen-bond acceptors (Lipinski definition) is 2. The SMILES string of the molecule is CC(N)c1cccc(SCC=CCl)c1. The van der Waals surface area contributed by atoms with Crippen LogP contribution in [0.25, 0.3) is 0 Å². The van der Waals surface area contributed by atoms with Crippen LogP contribution in [0.15, 0.2) is 40.8 Å². The molecule has 0 saturated carbocycles. The molecule has 3 heteroatoms. The van der Waals surface area contributed by atoms with Gasteiger partial charge in [-0.05, 0) is 24.6 Å². The summed E-state index contributed by atoms with van der Waals surface area (Å²) < 4.78 is 0. The number of benzene rings is 1. The maximum absolute atomic E-state index is 5.79. The van der Waals surface area contributed by atoms with E-state index in [1.165, 1.54) is 10.5 Å². The van der Waals surface area contributed by atoms with Crippen molar-refractivity contribution >= 4 is 23.4 Å². The molecule has 0 saturated heterocycles. The second kappa shape index (κ2) is 6.12. The Labute approximate surface area is 94.3 Å². The number of rotatable bonds is 4. The van der Waals surface area contributed by atoms with Crippen LogP contribution in [0.4, 0.5) is 0 Å². The van der Waals surface area contributed by atoms with E-state index in [0.29, 0.717) is 0 Å². The Morgan fingerprint density at radius 3 is 3.00 bits per heavy atom. The molecule has 0 aliphatic rings.